The molecule has 1 saturated heterocycles. The zero-order valence-electron chi connectivity index (χ0n) is 14.2. The predicted molar refractivity (Wildman–Crippen MR) is 89.0 cm³/mol. The number of carbonyl (C=O) groups excluding carboxylic acids is 1. The van der Waals surface area contributed by atoms with Crippen molar-refractivity contribution in [1.82, 2.24) is 5.32 Å². The summed E-state index contributed by atoms with van der Waals surface area (Å²) < 4.78 is 5.89. The predicted octanol–water partition coefficient (Wildman–Crippen LogP) is 2.87. The van der Waals surface area contributed by atoms with Crippen LogP contribution in [0.5, 0.6) is 5.75 Å². The van der Waals surface area contributed by atoms with E-state index in [2.05, 4.69) is 26.1 Å². The third-order valence-electron chi connectivity index (χ3n) is 4.26. The first-order valence-corrected chi connectivity index (χ1v) is 8.07. The van der Waals surface area contributed by atoms with E-state index in [4.69, 9.17) is 4.74 Å². The van der Waals surface area contributed by atoms with Gasteiger partial charge in [-0.25, -0.2) is 0 Å². The van der Waals surface area contributed by atoms with Gasteiger partial charge in [-0.3, -0.25) is 14.9 Å². The molecule has 132 valence electrons. The molecule has 0 radical (unpaired) electrons. The number of nitro benzene ring substituents is 1. The van der Waals surface area contributed by atoms with Crippen LogP contribution in [-0.4, -0.2) is 35.2 Å². The van der Waals surface area contributed by atoms with Crippen molar-refractivity contribution >= 4 is 11.6 Å². The molecule has 7 nitrogen and oxygen atoms in total. The van der Waals surface area contributed by atoms with Gasteiger partial charge in [-0.15, -0.1) is 0 Å². The standard InChI is InChI=1S/C17H24N2O5/c1-17(2,3)15-12(5-4-8-24-15)10-18-16(21)11-6-7-14(20)13(9-11)19(22)23/h6-7,9,12,15,20H,4-5,8,10H2,1-3H3,(H,18,21)/t12-,15-/m0/s1. The number of aromatic hydroxyl groups is 1. The van der Waals surface area contributed by atoms with Crippen molar-refractivity contribution in [2.45, 2.75) is 39.7 Å². The van der Waals surface area contributed by atoms with Crippen LogP contribution in [0.15, 0.2) is 18.2 Å². The highest BCUT2D eigenvalue weighted by Crippen LogP contribution is 2.33. The molecule has 1 heterocycles. The van der Waals surface area contributed by atoms with Gasteiger partial charge in [0.05, 0.1) is 11.0 Å². The van der Waals surface area contributed by atoms with E-state index >= 15 is 0 Å². The van der Waals surface area contributed by atoms with Gasteiger partial charge in [0.1, 0.15) is 0 Å². The SMILES string of the molecule is CC(C)(C)[C@H]1OCCC[C@H]1CNC(=O)c1ccc(O)c([N+](=O)[O-])c1. The molecule has 1 amide bonds. The third-order valence-corrected chi connectivity index (χ3v) is 4.26. The van der Waals surface area contributed by atoms with Gasteiger partial charge in [0.2, 0.25) is 0 Å². The van der Waals surface area contributed by atoms with Crippen LogP contribution in [0.25, 0.3) is 0 Å². The fraction of sp³-hybridized carbons (Fsp3) is 0.588. The lowest BCUT2D eigenvalue weighted by Crippen LogP contribution is -2.45. The highest BCUT2D eigenvalue weighted by atomic mass is 16.6. The van der Waals surface area contributed by atoms with Crippen LogP contribution in [0.2, 0.25) is 0 Å². The lowest BCUT2D eigenvalue weighted by Gasteiger charge is -2.40. The van der Waals surface area contributed by atoms with Crippen LogP contribution in [0.3, 0.4) is 0 Å². The first-order valence-electron chi connectivity index (χ1n) is 8.07. The van der Waals surface area contributed by atoms with E-state index in [-0.39, 0.29) is 23.0 Å². The van der Waals surface area contributed by atoms with E-state index in [1.165, 1.54) is 6.07 Å². The Labute approximate surface area is 141 Å². The summed E-state index contributed by atoms with van der Waals surface area (Å²) in [5, 5.41) is 23.1. The molecular formula is C17H24N2O5. The van der Waals surface area contributed by atoms with Gasteiger partial charge in [0, 0.05) is 30.7 Å². The number of nitrogens with zero attached hydrogens (tertiary/aromatic N) is 1. The number of phenolic OH excluding ortho intramolecular Hbond substituents is 1. The average Bonchev–Trinajstić information content (AvgIpc) is 2.52. The molecule has 0 saturated carbocycles. The van der Waals surface area contributed by atoms with Crippen molar-refractivity contribution in [3.8, 4) is 5.75 Å². The Hall–Kier alpha value is -2.15. The summed E-state index contributed by atoms with van der Waals surface area (Å²) >= 11 is 0. The van der Waals surface area contributed by atoms with E-state index < -0.39 is 22.3 Å². The number of hydrogen-bond donors (Lipinski definition) is 2. The smallest absolute Gasteiger partial charge is 0.311 e. The largest absolute Gasteiger partial charge is 0.502 e. The zero-order valence-corrected chi connectivity index (χ0v) is 14.2. The summed E-state index contributed by atoms with van der Waals surface area (Å²) in [6.07, 6.45) is 1.98. The molecule has 1 aromatic carbocycles. The molecule has 0 unspecified atom stereocenters. The van der Waals surface area contributed by atoms with Crippen molar-refractivity contribution in [3.05, 3.63) is 33.9 Å². The fourth-order valence-electron chi connectivity index (χ4n) is 3.15. The Bertz CT molecular complexity index is 624. The van der Waals surface area contributed by atoms with E-state index in [9.17, 15) is 20.0 Å². The summed E-state index contributed by atoms with van der Waals surface area (Å²) in [5.41, 5.74) is -0.340. The van der Waals surface area contributed by atoms with Gasteiger partial charge in [-0.05, 0) is 30.4 Å². The van der Waals surface area contributed by atoms with Gasteiger partial charge < -0.3 is 15.2 Å². The average molecular weight is 336 g/mol. The molecule has 2 atom stereocenters. The topological polar surface area (TPSA) is 102 Å². The highest BCUT2D eigenvalue weighted by Gasteiger charge is 2.35. The number of nitro groups is 1. The minimum Gasteiger partial charge on any atom is -0.502 e. The number of nitrogens with one attached hydrogen (secondary N) is 1. The van der Waals surface area contributed by atoms with E-state index in [1.54, 1.807) is 0 Å². The maximum absolute atomic E-state index is 12.3. The second kappa shape index (κ2) is 7.17. The molecule has 1 aliphatic rings. The Morgan fingerprint density at radius 2 is 2.17 bits per heavy atom. The highest BCUT2D eigenvalue weighted by molar-refractivity contribution is 5.95. The minimum absolute atomic E-state index is 0.0207. The summed E-state index contributed by atoms with van der Waals surface area (Å²) in [5.74, 6) is -0.642. The van der Waals surface area contributed by atoms with Crippen LogP contribution in [-0.2, 0) is 4.74 Å². The lowest BCUT2D eigenvalue weighted by molar-refractivity contribution is -0.385. The Morgan fingerprint density at radius 1 is 1.46 bits per heavy atom. The summed E-state index contributed by atoms with van der Waals surface area (Å²) in [4.78, 5) is 22.4. The maximum atomic E-state index is 12.3. The number of phenols is 1. The van der Waals surface area contributed by atoms with Gasteiger partial charge in [-0.1, -0.05) is 20.8 Å². The number of rotatable bonds is 4. The van der Waals surface area contributed by atoms with E-state index in [1.807, 2.05) is 0 Å². The molecule has 0 spiro atoms. The number of benzene rings is 1. The van der Waals surface area contributed by atoms with Crippen LogP contribution in [0, 0.1) is 21.4 Å². The van der Waals surface area contributed by atoms with Crippen molar-refractivity contribution in [3.63, 3.8) is 0 Å². The number of hydrogen-bond acceptors (Lipinski definition) is 5. The number of ether oxygens (including phenoxy) is 1. The van der Waals surface area contributed by atoms with Crippen LogP contribution < -0.4 is 5.32 Å². The molecule has 7 heteroatoms. The molecule has 2 rings (SSSR count). The van der Waals surface area contributed by atoms with Gasteiger partial charge in [0.25, 0.3) is 5.91 Å². The zero-order chi connectivity index (χ0) is 17.9. The first-order chi connectivity index (χ1) is 11.2. The number of carbonyl (C=O) groups is 1. The second-order valence-corrected chi connectivity index (χ2v) is 7.23. The monoisotopic (exact) mass is 336 g/mol. The lowest BCUT2D eigenvalue weighted by atomic mass is 9.78. The molecule has 2 N–H and O–H groups in total. The Kier molecular flexibility index (Phi) is 5.43. The minimum atomic E-state index is -0.712. The van der Waals surface area contributed by atoms with Gasteiger partial charge in [-0.2, -0.15) is 0 Å². The van der Waals surface area contributed by atoms with Crippen molar-refractivity contribution in [1.29, 1.82) is 0 Å². The summed E-state index contributed by atoms with van der Waals surface area (Å²) in [6, 6.07) is 3.62. The molecule has 1 fully saturated rings. The molecular weight excluding hydrogens is 312 g/mol. The van der Waals surface area contributed by atoms with Crippen LogP contribution in [0.1, 0.15) is 44.0 Å². The van der Waals surface area contributed by atoms with Gasteiger partial charge in [0.15, 0.2) is 5.75 Å². The molecule has 0 aromatic heterocycles. The summed E-state index contributed by atoms with van der Waals surface area (Å²) in [7, 11) is 0. The molecule has 0 aliphatic carbocycles. The Balaban J connectivity index is 2.04. The molecule has 1 aromatic rings. The fourth-order valence-corrected chi connectivity index (χ4v) is 3.15. The quantitative estimate of drug-likeness (QED) is 0.650. The second-order valence-electron chi connectivity index (χ2n) is 7.23. The third kappa shape index (κ3) is 4.23. The van der Waals surface area contributed by atoms with Crippen molar-refractivity contribution in [2.24, 2.45) is 11.3 Å². The van der Waals surface area contributed by atoms with Crippen molar-refractivity contribution in [2.75, 3.05) is 13.2 Å². The number of amides is 1. The summed E-state index contributed by atoms with van der Waals surface area (Å²) in [6.45, 7) is 7.52. The Morgan fingerprint density at radius 3 is 2.79 bits per heavy atom. The van der Waals surface area contributed by atoms with Gasteiger partial charge >= 0.3 is 5.69 Å². The molecule has 24 heavy (non-hydrogen) atoms. The molecule has 0 bridgehead atoms. The van der Waals surface area contributed by atoms with Crippen molar-refractivity contribution < 1.29 is 19.6 Å². The van der Waals surface area contributed by atoms with E-state index in [0.717, 1.165) is 31.6 Å². The normalized spacial score (nSPS) is 21.3. The maximum Gasteiger partial charge on any atom is 0.311 e. The van der Waals surface area contributed by atoms with Crippen LogP contribution >= 0.6 is 0 Å². The molecule has 1 aliphatic heterocycles. The van der Waals surface area contributed by atoms with E-state index in [0.29, 0.717) is 6.54 Å². The first kappa shape index (κ1) is 18.2. The van der Waals surface area contributed by atoms with Crippen LogP contribution in [0.4, 0.5) is 5.69 Å².